The zero-order chi connectivity index (χ0) is 11.3. The highest BCUT2D eigenvalue weighted by atomic mass is 19.2. The van der Waals surface area contributed by atoms with E-state index < -0.39 is 11.6 Å². The van der Waals surface area contributed by atoms with Gasteiger partial charge in [0.15, 0.2) is 11.6 Å². The van der Waals surface area contributed by atoms with Gasteiger partial charge in [-0.1, -0.05) is 25.5 Å². The van der Waals surface area contributed by atoms with Gasteiger partial charge < -0.3 is 4.90 Å². The van der Waals surface area contributed by atoms with Crippen LogP contribution in [0.2, 0.25) is 0 Å². The Morgan fingerprint density at radius 1 is 1.27 bits per heavy atom. The van der Waals surface area contributed by atoms with Crippen molar-refractivity contribution in [3.05, 3.63) is 35.4 Å². The van der Waals surface area contributed by atoms with Crippen molar-refractivity contribution in [3.63, 3.8) is 0 Å². The average molecular weight is 213 g/mol. The molecule has 0 heterocycles. The van der Waals surface area contributed by atoms with Gasteiger partial charge in [-0.3, -0.25) is 0 Å². The Labute approximate surface area is 89.7 Å². The van der Waals surface area contributed by atoms with Crippen LogP contribution in [0, 0.1) is 11.6 Å². The number of rotatable bonds is 5. The number of halogens is 2. The highest BCUT2D eigenvalue weighted by molar-refractivity contribution is 5.18. The second-order valence-electron chi connectivity index (χ2n) is 3.80. The van der Waals surface area contributed by atoms with Gasteiger partial charge in [-0.15, -0.1) is 0 Å². The molecule has 0 spiro atoms. The Morgan fingerprint density at radius 3 is 2.67 bits per heavy atom. The molecule has 0 bridgehead atoms. The molecule has 0 aliphatic rings. The lowest BCUT2D eigenvalue weighted by Gasteiger charge is -2.16. The fraction of sp³-hybridized carbons (Fsp3) is 0.500. The highest BCUT2D eigenvalue weighted by Crippen LogP contribution is 2.13. The van der Waals surface area contributed by atoms with Crippen LogP contribution in [-0.2, 0) is 6.54 Å². The molecule has 0 fully saturated rings. The Bertz CT molecular complexity index is 312. The second kappa shape index (κ2) is 5.81. The number of hydrogen-bond acceptors (Lipinski definition) is 1. The molecule has 84 valence electrons. The summed E-state index contributed by atoms with van der Waals surface area (Å²) in [5.41, 5.74) is 0.425. The van der Waals surface area contributed by atoms with Crippen LogP contribution >= 0.6 is 0 Å². The van der Waals surface area contributed by atoms with Crippen LogP contribution in [0.1, 0.15) is 25.3 Å². The Kier molecular flexibility index (Phi) is 4.69. The summed E-state index contributed by atoms with van der Waals surface area (Å²) in [6, 6.07) is 4.31. The van der Waals surface area contributed by atoms with E-state index in [-0.39, 0.29) is 0 Å². The summed E-state index contributed by atoms with van der Waals surface area (Å²) in [5, 5.41) is 0. The van der Waals surface area contributed by atoms with E-state index in [2.05, 4.69) is 6.92 Å². The largest absolute Gasteiger partial charge is 0.302 e. The molecule has 1 aromatic carbocycles. The predicted molar refractivity (Wildman–Crippen MR) is 57.6 cm³/mol. The summed E-state index contributed by atoms with van der Waals surface area (Å²) in [6.45, 7) is 3.48. The zero-order valence-corrected chi connectivity index (χ0v) is 9.26. The Morgan fingerprint density at radius 2 is 2.00 bits per heavy atom. The quantitative estimate of drug-likeness (QED) is 0.726. The van der Waals surface area contributed by atoms with Crippen molar-refractivity contribution < 1.29 is 8.78 Å². The molecular formula is C12H17F2N. The maximum atomic E-state index is 13.3. The van der Waals surface area contributed by atoms with Gasteiger partial charge in [0.2, 0.25) is 0 Å². The summed E-state index contributed by atoms with van der Waals surface area (Å²) < 4.78 is 26.2. The van der Waals surface area contributed by atoms with E-state index in [9.17, 15) is 8.78 Å². The summed E-state index contributed by atoms with van der Waals surface area (Å²) in [6.07, 6.45) is 2.18. The van der Waals surface area contributed by atoms with Gasteiger partial charge in [0, 0.05) is 12.1 Å². The Balaban J connectivity index is 2.60. The molecule has 1 nitrogen and oxygen atoms in total. The molecule has 0 saturated heterocycles. The molecule has 1 aromatic rings. The molecule has 0 atom stereocenters. The third-order valence-corrected chi connectivity index (χ3v) is 2.37. The molecule has 0 aromatic heterocycles. The predicted octanol–water partition coefficient (Wildman–Crippen LogP) is 3.20. The van der Waals surface area contributed by atoms with Crippen LogP contribution in [0.4, 0.5) is 8.78 Å². The molecule has 15 heavy (non-hydrogen) atoms. The normalized spacial score (nSPS) is 11.0. The molecule has 1 rings (SSSR count). The van der Waals surface area contributed by atoms with E-state index in [1.165, 1.54) is 0 Å². The molecule has 0 N–H and O–H groups in total. The van der Waals surface area contributed by atoms with Gasteiger partial charge in [-0.25, -0.2) is 8.78 Å². The van der Waals surface area contributed by atoms with Crippen molar-refractivity contribution in [2.45, 2.75) is 26.3 Å². The first-order valence-electron chi connectivity index (χ1n) is 5.26. The second-order valence-corrected chi connectivity index (χ2v) is 3.80. The van der Waals surface area contributed by atoms with Crippen molar-refractivity contribution in [2.24, 2.45) is 0 Å². The first kappa shape index (κ1) is 12.1. The first-order chi connectivity index (χ1) is 7.15. The molecule has 3 heteroatoms. The summed E-state index contributed by atoms with van der Waals surface area (Å²) in [7, 11) is 1.92. The molecule has 0 amide bonds. The van der Waals surface area contributed by atoms with Crippen LogP contribution < -0.4 is 0 Å². The lowest BCUT2D eigenvalue weighted by Crippen LogP contribution is -2.19. The minimum atomic E-state index is -0.767. The van der Waals surface area contributed by atoms with Crippen molar-refractivity contribution in [1.82, 2.24) is 4.90 Å². The highest BCUT2D eigenvalue weighted by Gasteiger charge is 2.09. The van der Waals surface area contributed by atoms with Gasteiger partial charge >= 0.3 is 0 Å². The summed E-state index contributed by atoms with van der Waals surface area (Å²) >= 11 is 0. The topological polar surface area (TPSA) is 3.24 Å². The van der Waals surface area contributed by atoms with Crippen molar-refractivity contribution >= 4 is 0 Å². The molecule has 0 unspecified atom stereocenters. The van der Waals surface area contributed by atoms with E-state index in [0.29, 0.717) is 12.1 Å². The van der Waals surface area contributed by atoms with Crippen LogP contribution in [0.25, 0.3) is 0 Å². The molecule has 0 saturated carbocycles. The number of unbranched alkanes of at least 4 members (excludes halogenated alkanes) is 1. The molecular weight excluding hydrogens is 196 g/mol. The average Bonchev–Trinajstić information content (AvgIpc) is 2.22. The fourth-order valence-electron chi connectivity index (χ4n) is 1.47. The zero-order valence-electron chi connectivity index (χ0n) is 9.26. The fourth-order valence-corrected chi connectivity index (χ4v) is 1.47. The third-order valence-electron chi connectivity index (χ3n) is 2.37. The van der Waals surface area contributed by atoms with Gasteiger partial charge in [0.25, 0.3) is 0 Å². The van der Waals surface area contributed by atoms with Crippen LogP contribution in [0.5, 0.6) is 0 Å². The van der Waals surface area contributed by atoms with Gasteiger partial charge in [0.05, 0.1) is 0 Å². The van der Waals surface area contributed by atoms with Crippen LogP contribution in [0.3, 0.4) is 0 Å². The lowest BCUT2D eigenvalue weighted by molar-refractivity contribution is 0.313. The molecule has 0 aliphatic heterocycles. The summed E-state index contributed by atoms with van der Waals surface area (Å²) in [5.74, 6) is -1.49. The molecule has 0 radical (unpaired) electrons. The van der Waals surface area contributed by atoms with E-state index in [1.54, 1.807) is 12.1 Å². The van der Waals surface area contributed by atoms with Crippen LogP contribution in [0.15, 0.2) is 18.2 Å². The standard InChI is InChI=1S/C12H17F2N/c1-3-4-8-15(2)9-10-6-5-7-11(13)12(10)14/h5-7H,3-4,8-9H2,1-2H3. The van der Waals surface area contributed by atoms with E-state index in [4.69, 9.17) is 0 Å². The smallest absolute Gasteiger partial charge is 0.163 e. The third kappa shape index (κ3) is 3.59. The Hall–Kier alpha value is -0.960. The minimum absolute atomic E-state index is 0.425. The van der Waals surface area contributed by atoms with E-state index >= 15 is 0 Å². The van der Waals surface area contributed by atoms with Gasteiger partial charge in [0.1, 0.15) is 0 Å². The monoisotopic (exact) mass is 213 g/mol. The van der Waals surface area contributed by atoms with Crippen molar-refractivity contribution in [1.29, 1.82) is 0 Å². The van der Waals surface area contributed by atoms with E-state index in [1.807, 2.05) is 11.9 Å². The number of nitrogens with zero attached hydrogens (tertiary/aromatic N) is 1. The SMILES string of the molecule is CCCCN(C)Cc1cccc(F)c1F. The minimum Gasteiger partial charge on any atom is -0.302 e. The summed E-state index contributed by atoms with van der Waals surface area (Å²) in [4.78, 5) is 2.00. The lowest BCUT2D eigenvalue weighted by atomic mass is 10.2. The maximum Gasteiger partial charge on any atom is 0.163 e. The van der Waals surface area contributed by atoms with Gasteiger partial charge in [-0.2, -0.15) is 0 Å². The van der Waals surface area contributed by atoms with E-state index in [0.717, 1.165) is 25.5 Å². The number of benzene rings is 1. The van der Waals surface area contributed by atoms with Crippen LogP contribution in [-0.4, -0.2) is 18.5 Å². The number of hydrogen-bond donors (Lipinski definition) is 0. The first-order valence-corrected chi connectivity index (χ1v) is 5.26. The molecule has 0 aliphatic carbocycles. The van der Waals surface area contributed by atoms with Crippen molar-refractivity contribution in [3.8, 4) is 0 Å². The maximum absolute atomic E-state index is 13.3. The van der Waals surface area contributed by atoms with Crippen molar-refractivity contribution in [2.75, 3.05) is 13.6 Å². The van der Waals surface area contributed by atoms with Gasteiger partial charge in [-0.05, 0) is 26.1 Å².